The van der Waals surface area contributed by atoms with Crippen LogP contribution >= 0.6 is 11.6 Å². The third kappa shape index (κ3) is 2.36. The molecule has 1 rings (SSSR count). The zero-order chi connectivity index (χ0) is 10.6. The molecule has 78 valence electrons. The van der Waals surface area contributed by atoms with Crippen molar-refractivity contribution in [2.75, 3.05) is 6.54 Å². The van der Waals surface area contributed by atoms with Gasteiger partial charge in [-0.15, -0.1) is 6.58 Å². The molecule has 0 amide bonds. The Morgan fingerprint density at radius 1 is 1.79 bits per heavy atom. The van der Waals surface area contributed by atoms with Gasteiger partial charge in [0.2, 0.25) is 0 Å². The molecule has 1 aromatic heterocycles. The van der Waals surface area contributed by atoms with Crippen LogP contribution in [0.25, 0.3) is 0 Å². The Balaban J connectivity index is 2.91. The summed E-state index contributed by atoms with van der Waals surface area (Å²) in [5, 5.41) is 8.17. The molecule has 0 aliphatic rings. The Morgan fingerprint density at radius 2 is 2.50 bits per heavy atom. The molecule has 0 aliphatic heterocycles. The summed E-state index contributed by atoms with van der Waals surface area (Å²) in [7, 11) is 1.90. The Bertz CT molecular complexity index is 287. The fraction of sp³-hybridized carbons (Fsp3) is 0.500. The molecule has 1 atom stereocenters. The molecule has 4 heteroatoms. The zero-order valence-corrected chi connectivity index (χ0v) is 9.38. The molecule has 0 aliphatic carbocycles. The lowest BCUT2D eigenvalue weighted by Crippen LogP contribution is -2.23. The average Bonchev–Trinajstić information content (AvgIpc) is 2.46. The van der Waals surface area contributed by atoms with Crippen LogP contribution in [0, 0.1) is 0 Å². The molecule has 0 bridgehead atoms. The van der Waals surface area contributed by atoms with Gasteiger partial charge in [-0.1, -0.05) is 24.6 Å². The highest BCUT2D eigenvalue weighted by Gasteiger charge is 2.16. The van der Waals surface area contributed by atoms with Crippen molar-refractivity contribution in [1.82, 2.24) is 15.1 Å². The smallest absolute Gasteiger partial charge is 0.0834 e. The molecule has 0 saturated carbocycles. The van der Waals surface area contributed by atoms with Crippen LogP contribution in [-0.2, 0) is 7.05 Å². The maximum absolute atomic E-state index is 6.05. The topological polar surface area (TPSA) is 29.9 Å². The second-order valence-corrected chi connectivity index (χ2v) is 3.54. The molecule has 0 fully saturated rings. The molecule has 0 spiro atoms. The van der Waals surface area contributed by atoms with Gasteiger partial charge in [0.1, 0.15) is 0 Å². The first-order valence-electron chi connectivity index (χ1n) is 4.72. The Morgan fingerprint density at radius 3 is 2.93 bits per heavy atom. The molecule has 0 aromatic carbocycles. The van der Waals surface area contributed by atoms with Crippen LogP contribution in [0.1, 0.15) is 25.1 Å². The van der Waals surface area contributed by atoms with Gasteiger partial charge >= 0.3 is 0 Å². The van der Waals surface area contributed by atoms with Gasteiger partial charge < -0.3 is 5.32 Å². The molecule has 1 unspecified atom stereocenters. The van der Waals surface area contributed by atoms with Crippen LogP contribution in [0.4, 0.5) is 0 Å². The summed E-state index contributed by atoms with van der Waals surface area (Å²) in [6, 6.07) is 0.206. The van der Waals surface area contributed by atoms with Gasteiger partial charge in [-0.05, 0) is 13.0 Å². The Kier molecular flexibility index (Phi) is 4.17. The van der Waals surface area contributed by atoms with Crippen LogP contribution in [0.2, 0.25) is 5.02 Å². The summed E-state index contributed by atoms with van der Waals surface area (Å²) in [6.45, 7) is 6.71. The number of halogens is 1. The number of rotatable bonds is 5. The summed E-state index contributed by atoms with van der Waals surface area (Å²) in [5.41, 5.74) is 1.02. The molecule has 1 N–H and O–H groups in total. The van der Waals surface area contributed by atoms with Crippen molar-refractivity contribution in [2.24, 2.45) is 7.05 Å². The molecule has 0 saturated heterocycles. The first kappa shape index (κ1) is 11.3. The van der Waals surface area contributed by atoms with Crippen molar-refractivity contribution in [3.05, 3.63) is 29.6 Å². The van der Waals surface area contributed by atoms with Crippen LogP contribution in [-0.4, -0.2) is 16.3 Å². The van der Waals surface area contributed by atoms with Crippen LogP contribution in [0.3, 0.4) is 0 Å². The van der Waals surface area contributed by atoms with Gasteiger partial charge in [-0.2, -0.15) is 5.10 Å². The fourth-order valence-electron chi connectivity index (χ4n) is 1.52. The number of nitrogens with zero attached hydrogens (tertiary/aromatic N) is 2. The second kappa shape index (κ2) is 5.17. The van der Waals surface area contributed by atoms with E-state index < -0.39 is 0 Å². The zero-order valence-electron chi connectivity index (χ0n) is 8.63. The largest absolute Gasteiger partial charge is 0.309 e. The Hall–Kier alpha value is -0.800. The lowest BCUT2D eigenvalue weighted by atomic mass is 10.1. The second-order valence-electron chi connectivity index (χ2n) is 3.14. The fourth-order valence-corrected chi connectivity index (χ4v) is 1.81. The number of hydrogen-bond donors (Lipinski definition) is 1. The van der Waals surface area contributed by atoms with Crippen molar-refractivity contribution < 1.29 is 0 Å². The minimum atomic E-state index is 0.206. The SMILES string of the molecule is C=CCC(NCC)c1c(Cl)cnn1C. The Labute approximate surface area is 89.8 Å². The highest BCUT2D eigenvalue weighted by molar-refractivity contribution is 6.31. The van der Waals surface area contributed by atoms with Crippen LogP contribution in [0.5, 0.6) is 0 Å². The third-order valence-electron chi connectivity index (χ3n) is 2.12. The van der Waals surface area contributed by atoms with Gasteiger partial charge in [-0.3, -0.25) is 4.68 Å². The highest BCUT2D eigenvalue weighted by atomic mass is 35.5. The van der Waals surface area contributed by atoms with E-state index in [-0.39, 0.29) is 6.04 Å². The predicted octanol–water partition coefficient (Wildman–Crippen LogP) is 2.30. The van der Waals surface area contributed by atoms with Gasteiger partial charge in [0.05, 0.1) is 23.0 Å². The first-order chi connectivity index (χ1) is 6.70. The summed E-state index contributed by atoms with van der Waals surface area (Å²) in [4.78, 5) is 0. The van der Waals surface area contributed by atoms with Crippen LogP contribution in [0.15, 0.2) is 18.9 Å². The quantitative estimate of drug-likeness (QED) is 0.761. The van der Waals surface area contributed by atoms with Crippen molar-refractivity contribution in [1.29, 1.82) is 0 Å². The monoisotopic (exact) mass is 213 g/mol. The van der Waals surface area contributed by atoms with E-state index in [1.807, 2.05) is 13.1 Å². The lowest BCUT2D eigenvalue weighted by Gasteiger charge is -2.16. The van der Waals surface area contributed by atoms with E-state index >= 15 is 0 Å². The average molecular weight is 214 g/mol. The van der Waals surface area contributed by atoms with Gasteiger partial charge in [-0.25, -0.2) is 0 Å². The maximum Gasteiger partial charge on any atom is 0.0834 e. The minimum Gasteiger partial charge on any atom is -0.309 e. The molecule has 1 aromatic rings. The summed E-state index contributed by atoms with van der Waals surface area (Å²) >= 11 is 6.05. The van der Waals surface area contributed by atoms with Gasteiger partial charge in [0, 0.05) is 7.05 Å². The molecule has 0 radical (unpaired) electrons. The summed E-state index contributed by atoms with van der Waals surface area (Å²) < 4.78 is 1.80. The van der Waals surface area contributed by atoms with E-state index in [9.17, 15) is 0 Å². The molecule has 14 heavy (non-hydrogen) atoms. The molecular weight excluding hydrogens is 198 g/mol. The predicted molar refractivity (Wildman–Crippen MR) is 59.4 cm³/mol. The number of aromatic nitrogens is 2. The van der Waals surface area contributed by atoms with E-state index in [2.05, 4.69) is 23.9 Å². The van der Waals surface area contributed by atoms with Crippen molar-refractivity contribution in [2.45, 2.75) is 19.4 Å². The van der Waals surface area contributed by atoms with Crippen molar-refractivity contribution in [3.8, 4) is 0 Å². The van der Waals surface area contributed by atoms with E-state index in [0.29, 0.717) is 5.02 Å². The molecule has 1 heterocycles. The summed E-state index contributed by atoms with van der Waals surface area (Å²) in [5.74, 6) is 0. The van der Waals surface area contributed by atoms with Gasteiger partial charge in [0.15, 0.2) is 0 Å². The van der Waals surface area contributed by atoms with Gasteiger partial charge in [0.25, 0.3) is 0 Å². The van der Waals surface area contributed by atoms with Crippen molar-refractivity contribution >= 4 is 11.6 Å². The first-order valence-corrected chi connectivity index (χ1v) is 5.10. The third-order valence-corrected chi connectivity index (χ3v) is 2.41. The number of nitrogens with one attached hydrogen (secondary N) is 1. The molecular formula is C10H16ClN3. The molecule has 3 nitrogen and oxygen atoms in total. The number of aryl methyl sites for hydroxylation is 1. The maximum atomic E-state index is 6.05. The summed E-state index contributed by atoms with van der Waals surface area (Å²) in [6.07, 6.45) is 4.41. The van der Waals surface area contributed by atoms with E-state index in [1.165, 1.54) is 0 Å². The van der Waals surface area contributed by atoms with E-state index in [1.54, 1.807) is 10.9 Å². The number of hydrogen-bond acceptors (Lipinski definition) is 2. The van der Waals surface area contributed by atoms with Crippen LogP contribution < -0.4 is 5.32 Å². The normalized spacial score (nSPS) is 12.8. The highest BCUT2D eigenvalue weighted by Crippen LogP contribution is 2.24. The van der Waals surface area contributed by atoms with E-state index in [0.717, 1.165) is 18.7 Å². The van der Waals surface area contributed by atoms with Crippen molar-refractivity contribution in [3.63, 3.8) is 0 Å². The minimum absolute atomic E-state index is 0.206. The standard InChI is InChI=1S/C10H16ClN3/c1-4-6-9(12-5-2)10-8(11)7-13-14(10)3/h4,7,9,12H,1,5-6H2,2-3H3. The lowest BCUT2D eigenvalue weighted by molar-refractivity contribution is 0.515. The van der Waals surface area contributed by atoms with E-state index in [4.69, 9.17) is 11.6 Å².